The smallest absolute Gasteiger partial charge is 0.246 e. The first-order chi connectivity index (χ1) is 19.2. The number of nitrogens with zero attached hydrogens (tertiary/aromatic N) is 2. The van der Waals surface area contributed by atoms with E-state index in [2.05, 4.69) is 35.6 Å². The Morgan fingerprint density at radius 3 is 2.67 bits per heavy atom. The van der Waals surface area contributed by atoms with Gasteiger partial charge in [0.2, 0.25) is 5.91 Å². The Balaban J connectivity index is 1.95. The minimum atomic E-state index is -1.04. The van der Waals surface area contributed by atoms with Crippen molar-refractivity contribution in [3.63, 3.8) is 0 Å². The van der Waals surface area contributed by atoms with Crippen LogP contribution in [0.5, 0.6) is 0 Å². The predicted octanol–water partition coefficient (Wildman–Crippen LogP) is 6.93. The lowest BCUT2D eigenvalue weighted by Gasteiger charge is -2.30. The van der Waals surface area contributed by atoms with E-state index in [0.717, 1.165) is 34.7 Å². The lowest BCUT2D eigenvalue weighted by molar-refractivity contribution is -0.125. The van der Waals surface area contributed by atoms with E-state index in [9.17, 15) is 9.59 Å². The molecule has 1 aliphatic rings. The van der Waals surface area contributed by atoms with Crippen molar-refractivity contribution in [3.05, 3.63) is 82.8 Å². The normalized spacial score (nSPS) is 17.6. The Kier molecular flexibility index (Phi) is 8.94. The number of H-pyrrole nitrogens is 1. The largest absolute Gasteiger partial charge is 0.371 e. The van der Waals surface area contributed by atoms with Gasteiger partial charge in [-0.2, -0.15) is 5.10 Å². The highest BCUT2D eigenvalue weighted by atomic mass is 35.5. The van der Waals surface area contributed by atoms with E-state index >= 15 is 4.39 Å². The summed E-state index contributed by atoms with van der Waals surface area (Å²) in [6.45, 7) is 14.2. The maximum Gasteiger partial charge on any atom is 0.246 e. The van der Waals surface area contributed by atoms with Crippen molar-refractivity contribution < 1.29 is 14.0 Å². The third-order valence-corrected chi connectivity index (χ3v) is 7.94. The average molecular weight is 563 g/mol. The fraction of sp³-hybridized carbons (Fsp3) is 0.344. The van der Waals surface area contributed by atoms with Crippen LogP contribution in [0, 0.1) is 12.7 Å². The van der Waals surface area contributed by atoms with Gasteiger partial charge in [-0.15, -0.1) is 0 Å². The summed E-state index contributed by atoms with van der Waals surface area (Å²) >= 11 is 6.94. The van der Waals surface area contributed by atoms with Crippen molar-refractivity contribution in [1.82, 2.24) is 20.4 Å². The lowest BCUT2D eigenvalue weighted by atomic mass is 9.88. The molecular weight excluding hydrogens is 527 g/mol. The third-order valence-electron chi connectivity index (χ3n) is 7.64. The summed E-state index contributed by atoms with van der Waals surface area (Å²) in [5.41, 5.74) is 4.26. The topological polar surface area (TPSA) is 78.1 Å². The molecule has 1 atom stereocenters. The van der Waals surface area contributed by atoms with Gasteiger partial charge in [0.05, 0.1) is 23.3 Å². The standard InChI is InChI=1S/C32H36ClFN4O2/c1-6-10-21(8-3)31(36-32(19-39)14-15-38(18-32)27(40)9-4)23-16-25(33)29(30(34)22(23)11-7-2)28-20(5)12-13-26-24(28)17-35-37-26/h8-9,12-13,16-17,19,36H,3-4,6-7,10-11,14-15,18H2,1-2,5H3,(H,35,37)/b31-21-. The predicted molar refractivity (Wildman–Crippen MR) is 161 cm³/mol. The highest BCUT2D eigenvalue weighted by Gasteiger charge is 2.41. The molecule has 0 radical (unpaired) electrons. The second-order valence-electron chi connectivity index (χ2n) is 10.4. The highest BCUT2D eigenvalue weighted by molar-refractivity contribution is 6.34. The Hall–Kier alpha value is -3.71. The molecule has 1 unspecified atom stereocenters. The summed E-state index contributed by atoms with van der Waals surface area (Å²) in [4.78, 5) is 26.5. The molecule has 2 heterocycles. The van der Waals surface area contributed by atoms with Crippen molar-refractivity contribution in [3.8, 4) is 11.1 Å². The first kappa shape index (κ1) is 29.3. The summed E-state index contributed by atoms with van der Waals surface area (Å²) in [5.74, 6) is -0.627. The van der Waals surface area contributed by atoms with Crippen LogP contribution in [-0.4, -0.2) is 45.9 Å². The molecule has 2 N–H and O–H groups in total. The highest BCUT2D eigenvalue weighted by Crippen LogP contribution is 2.42. The van der Waals surface area contributed by atoms with Gasteiger partial charge in [0.25, 0.3) is 0 Å². The minimum Gasteiger partial charge on any atom is -0.371 e. The minimum absolute atomic E-state index is 0.181. The molecular formula is C32H36ClFN4O2. The Morgan fingerprint density at radius 2 is 2.02 bits per heavy atom. The van der Waals surface area contributed by atoms with Crippen LogP contribution in [0.4, 0.5) is 4.39 Å². The summed E-state index contributed by atoms with van der Waals surface area (Å²) in [5, 5.41) is 11.6. The van der Waals surface area contributed by atoms with E-state index < -0.39 is 11.4 Å². The number of fused-ring (bicyclic) bond motifs is 1. The van der Waals surface area contributed by atoms with Gasteiger partial charge < -0.3 is 15.0 Å². The van der Waals surface area contributed by atoms with Crippen LogP contribution in [0.2, 0.25) is 5.02 Å². The van der Waals surface area contributed by atoms with Gasteiger partial charge in [0.15, 0.2) is 0 Å². The number of hydrogen-bond donors (Lipinski definition) is 2. The molecule has 1 fully saturated rings. The quantitative estimate of drug-likeness (QED) is 0.151. The van der Waals surface area contributed by atoms with Crippen molar-refractivity contribution in [1.29, 1.82) is 0 Å². The Bertz CT molecular complexity index is 1510. The number of amides is 1. The molecule has 2 aromatic carbocycles. The van der Waals surface area contributed by atoms with Crippen molar-refractivity contribution in [2.45, 2.75) is 58.4 Å². The fourth-order valence-electron chi connectivity index (χ4n) is 5.61. The van der Waals surface area contributed by atoms with E-state index in [1.807, 2.05) is 26.0 Å². The molecule has 1 saturated heterocycles. The van der Waals surface area contributed by atoms with Crippen LogP contribution in [0.3, 0.4) is 0 Å². The lowest BCUT2D eigenvalue weighted by Crippen LogP contribution is -2.49. The zero-order valence-electron chi connectivity index (χ0n) is 23.4. The molecule has 3 aromatic rings. The number of halogens is 2. The zero-order valence-corrected chi connectivity index (χ0v) is 24.1. The average Bonchev–Trinajstić information content (AvgIpc) is 3.61. The molecule has 0 saturated carbocycles. The SMILES string of the molecule is C=CC(=O)N1CCC(C=O)(N/C(=C(/C=C)CCC)c2cc(Cl)c(-c3c(C)ccc4[nH]ncc34)c(F)c2CCC)C1. The van der Waals surface area contributed by atoms with Gasteiger partial charge in [-0.3, -0.25) is 9.89 Å². The molecule has 1 aliphatic heterocycles. The number of allylic oxidation sites excluding steroid dienone is 2. The fourth-order valence-corrected chi connectivity index (χ4v) is 5.90. The number of carbonyl (C=O) groups excluding carboxylic acids is 2. The summed E-state index contributed by atoms with van der Waals surface area (Å²) in [6, 6.07) is 5.64. The number of carbonyl (C=O) groups is 2. The monoisotopic (exact) mass is 562 g/mol. The molecule has 0 bridgehead atoms. The van der Waals surface area contributed by atoms with E-state index in [4.69, 9.17) is 11.6 Å². The van der Waals surface area contributed by atoms with Gasteiger partial charge in [0.1, 0.15) is 17.6 Å². The van der Waals surface area contributed by atoms with E-state index in [1.54, 1.807) is 23.2 Å². The molecule has 210 valence electrons. The maximum absolute atomic E-state index is 16.8. The van der Waals surface area contributed by atoms with Gasteiger partial charge in [0, 0.05) is 34.3 Å². The molecule has 6 nitrogen and oxygen atoms in total. The molecule has 1 amide bonds. The van der Waals surface area contributed by atoms with E-state index in [-0.39, 0.29) is 17.5 Å². The molecule has 8 heteroatoms. The molecule has 1 aromatic heterocycles. The molecule has 0 aliphatic carbocycles. The number of likely N-dealkylation sites (tertiary alicyclic amines) is 1. The van der Waals surface area contributed by atoms with Crippen LogP contribution in [-0.2, 0) is 16.0 Å². The third kappa shape index (κ3) is 5.35. The summed E-state index contributed by atoms with van der Waals surface area (Å²) in [7, 11) is 0. The molecule has 40 heavy (non-hydrogen) atoms. The van der Waals surface area contributed by atoms with Gasteiger partial charge >= 0.3 is 0 Å². The number of hydrogen-bond acceptors (Lipinski definition) is 4. The number of nitrogens with one attached hydrogen (secondary N) is 2. The number of benzene rings is 2. The van der Waals surface area contributed by atoms with Gasteiger partial charge in [-0.25, -0.2) is 4.39 Å². The second-order valence-corrected chi connectivity index (χ2v) is 10.8. The molecule has 0 spiro atoms. The van der Waals surface area contributed by atoms with Crippen LogP contribution in [0.15, 0.2) is 55.3 Å². The van der Waals surface area contributed by atoms with Gasteiger partial charge in [-0.1, -0.05) is 63.6 Å². The second kappa shape index (κ2) is 12.2. The zero-order chi connectivity index (χ0) is 29.0. The summed E-state index contributed by atoms with van der Waals surface area (Å²) in [6.07, 6.45) is 8.59. The number of aromatic nitrogens is 2. The van der Waals surface area contributed by atoms with Crippen LogP contribution in [0.25, 0.3) is 27.7 Å². The first-order valence-corrected chi connectivity index (χ1v) is 14.1. The van der Waals surface area contributed by atoms with Gasteiger partial charge in [-0.05, 0) is 61.1 Å². The molecule has 4 rings (SSSR count). The van der Waals surface area contributed by atoms with Crippen LogP contribution >= 0.6 is 11.6 Å². The number of aldehydes is 1. The number of aromatic amines is 1. The van der Waals surface area contributed by atoms with E-state index in [1.165, 1.54) is 6.08 Å². The first-order valence-electron chi connectivity index (χ1n) is 13.7. The number of rotatable bonds is 11. The maximum atomic E-state index is 16.8. The van der Waals surface area contributed by atoms with Crippen LogP contribution < -0.4 is 5.32 Å². The van der Waals surface area contributed by atoms with Crippen LogP contribution in [0.1, 0.15) is 56.2 Å². The Labute approximate surface area is 240 Å². The van der Waals surface area contributed by atoms with Crippen molar-refractivity contribution >= 4 is 40.4 Å². The van der Waals surface area contributed by atoms with E-state index in [0.29, 0.717) is 60.2 Å². The number of aryl methyl sites for hydroxylation is 1. The van der Waals surface area contributed by atoms with Crippen molar-refractivity contribution in [2.24, 2.45) is 0 Å². The Morgan fingerprint density at radius 1 is 1.25 bits per heavy atom. The van der Waals surface area contributed by atoms with Crippen molar-refractivity contribution in [2.75, 3.05) is 13.1 Å². The summed E-state index contributed by atoms with van der Waals surface area (Å²) < 4.78 is 16.8.